The molecule has 0 heterocycles. The zero-order valence-corrected chi connectivity index (χ0v) is 12.1. The van der Waals surface area contributed by atoms with Crippen LogP contribution in [0.1, 0.15) is 12.0 Å². The summed E-state index contributed by atoms with van der Waals surface area (Å²) in [5.74, 6) is -0.936. The summed E-state index contributed by atoms with van der Waals surface area (Å²) in [5, 5.41) is 2.66. The van der Waals surface area contributed by atoms with Gasteiger partial charge in [-0.3, -0.25) is 9.59 Å². The Hall–Kier alpha value is -2.62. The Morgan fingerprint density at radius 3 is 2.00 bits per heavy atom. The lowest BCUT2D eigenvalue weighted by atomic mass is 10.0. The first kappa shape index (κ1) is 14.8. The third kappa shape index (κ3) is 4.18. The molecule has 4 nitrogen and oxygen atoms in total. The number of carbonyl (C=O) groups is 2. The van der Waals surface area contributed by atoms with Crippen LogP contribution in [0.15, 0.2) is 48.5 Å². The largest absolute Gasteiger partial charge is 0.469 e. The SMILES string of the molecule is COC(=O)CC(=O)Nc1ccc(-c2ccc(C)cc2)cc1. The molecule has 0 radical (unpaired) electrons. The molecule has 0 saturated carbocycles. The smallest absolute Gasteiger partial charge is 0.315 e. The summed E-state index contributed by atoms with van der Waals surface area (Å²) in [7, 11) is 1.26. The Morgan fingerprint density at radius 1 is 0.952 bits per heavy atom. The molecule has 0 unspecified atom stereocenters. The zero-order valence-electron chi connectivity index (χ0n) is 12.1. The van der Waals surface area contributed by atoms with Crippen LogP contribution < -0.4 is 5.32 Å². The summed E-state index contributed by atoms with van der Waals surface area (Å²) in [5.41, 5.74) is 4.05. The number of carbonyl (C=O) groups excluding carboxylic acids is 2. The summed E-state index contributed by atoms with van der Waals surface area (Å²) in [6, 6.07) is 15.7. The second kappa shape index (κ2) is 6.70. The molecule has 0 aliphatic rings. The number of nitrogens with one attached hydrogen (secondary N) is 1. The van der Waals surface area contributed by atoms with Crippen molar-refractivity contribution in [1.29, 1.82) is 0 Å². The fraction of sp³-hybridized carbons (Fsp3) is 0.176. The fourth-order valence-electron chi connectivity index (χ4n) is 1.90. The molecule has 2 aromatic carbocycles. The van der Waals surface area contributed by atoms with Gasteiger partial charge in [-0.1, -0.05) is 42.0 Å². The number of anilines is 1. The monoisotopic (exact) mass is 283 g/mol. The van der Waals surface area contributed by atoms with Crippen LogP contribution in [-0.2, 0) is 14.3 Å². The van der Waals surface area contributed by atoms with Crippen LogP contribution in [0.4, 0.5) is 5.69 Å². The Balaban J connectivity index is 2.03. The van der Waals surface area contributed by atoms with Gasteiger partial charge in [-0.2, -0.15) is 0 Å². The van der Waals surface area contributed by atoms with Crippen molar-refractivity contribution in [3.63, 3.8) is 0 Å². The topological polar surface area (TPSA) is 55.4 Å². The maximum Gasteiger partial charge on any atom is 0.315 e. The van der Waals surface area contributed by atoms with Crippen molar-refractivity contribution >= 4 is 17.6 Å². The molecule has 0 aliphatic carbocycles. The summed E-state index contributed by atoms with van der Waals surface area (Å²) in [6.07, 6.45) is -0.282. The number of hydrogen-bond acceptors (Lipinski definition) is 3. The van der Waals surface area contributed by atoms with Crippen LogP contribution in [0.2, 0.25) is 0 Å². The quantitative estimate of drug-likeness (QED) is 0.692. The second-order valence-electron chi connectivity index (χ2n) is 4.74. The molecule has 0 aliphatic heterocycles. The molecule has 0 spiro atoms. The molecule has 1 N–H and O–H groups in total. The predicted octanol–water partition coefficient (Wildman–Crippen LogP) is 3.16. The Labute approximate surface area is 123 Å². The third-order valence-electron chi connectivity index (χ3n) is 3.09. The Kier molecular flexibility index (Phi) is 4.72. The number of amides is 1. The van der Waals surface area contributed by atoms with Crippen LogP contribution >= 0.6 is 0 Å². The van der Waals surface area contributed by atoms with E-state index < -0.39 is 5.97 Å². The molecular formula is C17H17NO3. The minimum absolute atomic E-state index is 0.282. The van der Waals surface area contributed by atoms with Gasteiger partial charge in [0.25, 0.3) is 0 Å². The first-order valence-corrected chi connectivity index (χ1v) is 6.62. The molecule has 1 amide bonds. The summed E-state index contributed by atoms with van der Waals surface area (Å²) < 4.78 is 4.45. The van der Waals surface area contributed by atoms with Crippen LogP contribution in [0.5, 0.6) is 0 Å². The van der Waals surface area contributed by atoms with Crippen LogP contribution in [0, 0.1) is 6.92 Å². The number of esters is 1. The van der Waals surface area contributed by atoms with Crippen LogP contribution in [0.25, 0.3) is 11.1 Å². The summed E-state index contributed by atoms with van der Waals surface area (Å²) in [6.45, 7) is 2.05. The van der Waals surface area contributed by atoms with E-state index in [4.69, 9.17) is 0 Å². The van der Waals surface area contributed by atoms with Crippen LogP contribution in [0.3, 0.4) is 0 Å². The van der Waals surface area contributed by atoms with Crippen molar-refractivity contribution in [2.45, 2.75) is 13.3 Å². The minimum atomic E-state index is -0.552. The van der Waals surface area contributed by atoms with E-state index in [1.54, 1.807) is 0 Å². The fourth-order valence-corrected chi connectivity index (χ4v) is 1.90. The molecular weight excluding hydrogens is 266 g/mol. The van der Waals surface area contributed by atoms with Crippen molar-refractivity contribution in [2.75, 3.05) is 12.4 Å². The van der Waals surface area contributed by atoms with Gasteiger partial charge in [0.2, 0.25) is 5.91 Å². The van der Waals surface area contributed by atoms with Gasteiger partial charge in [0.1, 0.15) is 6.42 Å². The van der Waals surface area contributed by atoms with E-state index in [2.05, 4.69) is 34.3 Å². The minimum Gasteiger partial charge on any atom is -0.469 e. The van der Waals surface area contributed by atoms with Crippen molar-refractivity contribution < 1.29 is 14.3 Å². The van der Waals surface area contributed by atoms with Gasteiger partial charge in [-0.25, -0.2) is 0 Å². The molecule has 0 saturated heterocycles. The predicted molar refractivity (Wildman–Crippen MR) is 81.9 cm³/mol. The van der Waals surface area contributed by atoms with Crippen molar-refractivity contribution in [3.05, 3.63) is 54.1 Å². The first-order valence-electron chi connectivity index (χ1n) is 6.62. The molecule has 0 bridgehead atoms. The van der Waals surface area contributed by atoms with Crippen molar-refractivity contribution in [3.8, 4) is 11.1 Å². The third-order valence-corrected chi connectivity index (χ3v) is 3.09. The maximum atomic E-state index is 11.6. The number of hydrogen-bond donors (Lipinski definition) is 1. The van der Waals surface area contributed by atoms with E-state index >= 15 is 0 Å². The highest BCUT2D eigenvalue weighted by Crippen LogP contribution is 2.21. The van der Waals surface area contributed by atoms with E-state index in [1.165, 1.54) is 12.7 Å². The van der Waals surface area contributed by atoms with E-state index in [-0.39, 0.29) is 12.3 Å². The molecule has 0 atom stereocenters. The van der Waals surface area contributed by atoms with E-state index in [0.29, 0.717) is 5.69 Å². The van der Waals surface area contributed by atoms with E-state index in [1.807, 2.05) is 31.2 Å². The number of methoxy groups -OCH3 is 1. The number of aryl methyl sites for hydroxylation is 1. The Bertz CT molecular complexity index is 630. The molecule has 0 fully saturated rings. The van der Waals surface area contributed by atoms with Crippen LogP contribution in [-0.4, -0.2) is 19.0 Å². The lowest BCUT2D eigenvalue weighted by molar-refractivity contribution is -0.142. The van der Waals surface area contributed by atoms with Gasteiger partial charge in [0.05, 0.1) is 7.11 Å². The van der Waals surface area contributed by atoms with Crippen molar-refractivity contribution in [1.82, 2.24) is 0 Å². The maximum absolute atomic E-state index is 11.6. The average Bonchev–Trinajstić information content (AvgIpc) is 2.48. The summed E-state index contributed by atoms with van der Waals surface area (Å²) in [4.78, 5) is 22.6. The number of benzene rings is 2. The van der Waals surface area contributed by atoms with Gasteiger partial charge >= 0.3 is 5.97 Å². The second-order valence-corrected chi connectivity index (χ2v) is 4.74. The van der Waals surface area contributed by atoms with Crippen molar-refractivity contribution in [2.24, 2.45) is 0 Å². The van der Waals surface area contributed by atoms with Gasteiger partial charge in [-0.15, -0.1) is 0 Å². The highest BCUT2D eigenvalue weighted by Gasteiger charge is 2.09. The Morgan fingerprint density at radius 2 is 1.48 bits per heavy atom. The number of ether oxygens (including phenoxy) is 1. The molecule has 108 valence electrons. The molecule has 21 heavy (non-hydrogen) atoms. The van der Waals surface area contributed by atoms with Gasteiger partial charge < -0.3 is 10.1 Å². The number of rotatable bonds is 4. The molecule has 2 rings (SSSR count). The highest BCUT2D eigenvalue weighted by molar-refractivity contribution is 6.01. The van der Waals surface area contributed by atoms with E-state index in [0.717, 1.165) is 11.1 Å². The van der Waals surface area contributed by atoms with Gasteiger partial charge in [0, 0.05) is 5.69 Å². The van der Waals surface area contributed by atoms with Gasteiger partial charge in [-0.05, 0) is 30.2 Å². The highest BCUT2D eigenvalue weighted by atomic mass is 16.5. The zero-order chi connectivity index (χ0) is 15.2. The summed E-state index contributed by atoms with van der Waals surface area (Å²) >= 11 is 0. The standard InChI is InChI=1S/C17H17NO3/c1-12-3-5-13(6-4-12)14-7-9-15(10-8-14)18-16(19)11-17(20)21-2/h3-10H,11H2,1-2H3,(H,18,19). The molecule has 4 heteroatoms. The van der Waals surface area contributed by atoms with Gasteiger partial charge in [0.15, 0.2) is 0 Å². The lowest BCUT2D eigenvalue weighted by Crippen LogP contribution is -2.17. The normalized spacial score (nSPS) is 10.0. The molecule has 2 aromatic rings. The molecule has 0 aromatic heterocycles. The van der Waals surface area contributed by atoms with E-state index in [9.17, 15) is 9.59 Å². The lowest BCUT2D eigenvalue weighted by Gasteiger charge is -2.06. The average molecular weight is 283 g/mol. The first-order chi connectivity index (χ1) is 10.1.